The van der Waals surface area contributed by atoms with Crippen molar-refractivity contribution >= 4 is 21.9 Å². The van der Waals surface area contributed by atoms with Gasteiger partial charge in [0.2, 0.25) is 10.0 Å². The van der Waals surface area contributed by atoms with Gasteiger partial charge in [-0.15, -0.1) is 0 Å². The second kappa shape index (κ2) is 9.89. The smallest absolute Gasteiger partial charge is 0.338 e. The molecule has 0 radical (unpaired) electrons. The van der Waals surface area contributed by atoms with E-state index >= 15 is 0 Å². The van der Waals surface area contributed by atoms with E-state index in [9.17, 15) is 18.0 Å². The molecule has 0 unspecified atom stereocenters. The van der Waals surface area contributed by atoms with Crippen molar-refractivity contribution in [3.05, 3.63) is 29.8 Å². The highest BCUT2D eigenvalue weighted by Gasteiger charge is 2.29. The third-order valence-electron chi connectivity index (χ3n) is 5.77. The van der Waals surface area contributed by atoms with Crippen molar-refractivity contribution in [1.82, 2.24) is 9.62 Å². The maximum absolute atomic E-state index is 12.8. The fourth-order valence-corrected chi connectivity index (χ4v) is 5.29. The molecule has 0 aromatic heterocycles. The van der Waals surface area contributed by atoms with E-state index < -0.39 is 22.1 Å². The van der Waals surface area contributed by atoms with E-state index in [1.54, 1.807) is 0 Å². The molecule has 0 spiro atoms. The Morgan fingerprint density at radius 3 is 2.60 bits per heavy atom. The number of esters is 1. The zero-order valence-corrected chi connectivity index (χ0v) is 18.3. The largest absolute Gasteiger partial charge is 0.449 e. The first-order valence-corrected chi connectivity index (χ1v) is 11.9. The van der Waals surface area contributed by atoms with Crippen LogP contribution in [0.25, 0.3) is 0 Å². The maximum atomic E-state index is 12.8. The summed E-state index contributed by atoms with van der Waals surface area (Å²) in [4.78, 5) is 25.0. The van der Waals surface area contributed by atoms with Gasteiger partial charge < -0.3 is 14.8 Å². The number of amides is 1. The van der Waals surface area contributed by atoms with Crippen molar-refractivity contribution in [2.24, 2.45) is 5.92 Å². The van der Waals surface area contributed by atoms with Crippen molar-refractivity contribution in [1.29, 1.82) is 0 Å². The van der Waals surface area contributed by atoms with E-state index in [1.807, 2.05) is 0 Å². The van der Waals surface area contributed by atoms with Crippen molar-refractivity contribution in [3.8, 4) is 0 Å². The zero-order chi connectivity index (χ0) is 21.7. The average Bonchev–Trinajstić information content (AvgIpc) is 2.76. The van der Waals surface area contributed by atoms with Crippen molar-refractivity contribution < 1.29 is 27.5 Å². The number of rotatable bonds is 6. The molecule has 1 aliphatic carbocycles. The monoisotopic (exact) mass is 438 g/mol. The molecule has 3 atom stereocenters. The van der Waals surface area contributed by atoms with Crippen molar-refractivity contribution in [2.75, 3.05) is 26.3 Å². The first kappa shape index (κ1) is 22.7. The molecule has 1 aromatic rings. The van der Waals surface area contributed by atoms with E-state index in [2.05, 4.69) is 12.2 Å². The Kier molecular flexibility index (Phi) is 7.49. The SMILES string of the molecule is C[C@H](OC(=O)c1cccc(S(=O)(=O)N2CCOCC2)c1)C(=O)N[C@H]1CCCC[C@H]1C. The Balaban J connectivity index is 1.63. The Hall–Kier alpha value is -1.97. The van der Waals surface area contributed by atoms with Crippen molar-refractivity contribution in [3.63, 3.8) is 0 Å². The van der Waals surface area contributed by atoms with Crippen LogP contribution < -0.4 is 5.32 Å². The van der Waals surface area contributed by atoms with Gasteiger partial charge in [0.05, 0.1) is 23.7 Å². The van der Waals surface area contributed by atoms with Crippen LogP contribution in [0.4, 0.5) is 0 Å². The molecule has 1 aliphatic heterocycles. The van der Waals surface area contributed by atoms with E-state index in [1.165, 1.54) is 41.9 Å². The summed E-state index contributed by atoms with van der Waals surface area (Å²) in [6, 6.07) is 5.81. The van der Waals surface area contributed by atoms with Crippen LogP contribution in [0.15, 0.2) is 29.2 Å². The van der Waals surface area contributed by atoms with Gasteiger partial charge in [-0.25, -0.2) is 13.2 Å². The lowest BCUT2D eigenvalue weighted by Crippen LogP contribution is -2.46. The summed E-state index contributed by atoms with van der Waals surface area (Å²) in [5, 5.41) is 2.97. The van der Waals surface area contributed by atoms with Gasteiger partial charge in [-0.1, -0.05) is 25.8 Å². The molecule has 1 saturated heterocycles. The van der Waals surface area contributed by atoms with E-state index in [-0.39, 0.29) is 35.5 Å². The number of morpholine rings is 1. The lowest BCUT2D eigenvalue weighted by Gasteiger charge is -2.30. The van der Waals surface area contributed by atoms with Crippen LogP contribution in [0.2, 0.25) is 0 Å². The standard InChI is InChI=1S/C21H30N2O6S/c1-15-6-3-4-9-19(15)22-20(24)16(2)29-21(25)17-7-5-8-18(14-17)30(26,27)23-10-12-28-13-11-23/h5,7-8,14-16,19H,3-4,6,9-13H2,1-2H3,(H,22,24)/t15-,16+,19+/m1/s1. The quantitative estimate of drug-likeness (QED) is 0.681. The van der Waals surface area contributed by atoms with Gasteiger partial charge >= 0.3 is 5.97 Å². The van der Waals surface area contributed by atoms with Gasteiger partial charge in [-0.05, 0) is 43.9 Å². The fourth-order valence-electron chi connectivity index (χ4n) is 3.83. The highest BCUT2D eigenvalue weighted by molar-refractivity contribution is 7.89. The van der Waals surface area contributed by atoms with Crippen LogP contribution >= 0.6 is 0 Å². The minimum absolute atomic E-state index is 0.0204. The van der Waals surface area contributed by atoms with Crippen molar-refractivity contribution in [2.45, 2.75) is 56.6 Å². The molecule has 9 heteroatoms. The number of benzene rings is 1. The zero-order valence-electron chi connectivity index (χ0n) is 17.5. The molecular formula is C21H30N2O6S. The molecule has 1 saturated carbocycles. The van der Waals surface area contributed by atoms with Gasteiger partial charge in [0.25, 0.3) is 5.91 Å². The van der Waals surface area contributed by atoms with Crippen LogP contribution in [0, 0.1) is 5.92 Å². The third kappa shape index (κ3) is 5.39. The molecule has 166 valence electrons. The molecule has 8 nitrogen and oxygen atoms in total. The normalized spacial score (nSPS) is 24.1. The molecular weight excluding hydrogens is 408 g/mol. The van der Waals surface area contributed by atoms with E-state index in [0.29, 0.717) is 19.1 Å². The van der Waals surface area contributed by atoms with Gasteiger partial charge in [0.15, 0.2) is 6.10 Å². The molecule has 2 fully saturated rings. The van der Waals surface area contributed by atoms with Gasteiger partial charge in [-0.2, -0.15) is 4.31 Å². The minimum Gasteiger partial charge on any atom is -0.449 e. The first-order chi connectivity index (χ1) is 14.3. The van der Waals surface area contributed by atoms with Gasteiger partial charge in [0.1, 0.15) is 0 Å². The summed E-state index contributed by atoms with van der Waals surface area (Å²) < 4.78 is 37.4. The number of carbonyl (C=O) groups excluding carboxylic acids is 2. The van der Waals surface area contributed by atoms with E-state index in [0.717, 1.165) is 19.3 Å². The summed E-state index contributed by atoms with van der Waals surface area (Å²) in [5.74, 6) is -0.666. The number of sulfonamides is 1. The molecule has 1 heterocycles. The third-order valence-corrected chi connectivity index (χ3v) is 7.66. The van der Waals surface area contributed by atoms with Gasteiger partial charge in [0, 0.05) is 19.1 Å². The Morgan fingerprint density at radius 1 is 1.20 bits per heavy atom. The predicted octanol–water partition coefficient (Wildman–Crippen LogP) is 1.95. The Morgan fingerprint density at radius 2 is 1.90 bits per heavy atom. The number of ether oxygens (including phenoxy) is 2. The first-order valence-electron chi connectivity index (χ1n) is 10.5. The predicted molar refractivity (Wildman–Crippen MR) is 110 cm³/mol. The lowest BCUT2D eigenvalue weighted by molar-refractivity contribution is -0.130. The van der Waals surface area contributed by atoms with Crippen LogP contribution in [0.1, 0.15) is 49.9 Å². The summed E-state index contributed by atoms with van der Waals surface area (Å²) in [6.07, 6.45) is 3.28. The minimum atomic E-state index is -3.72. The van der Waals surface area contributed by atoms with Crippen LogP contribution in [0.3, 0.4) is 0 Å². The van der Waals surface area contributed by atoms with Crippen LogP contribution in [0.5, 0.6) is 0 Å². The topological polar surface area (TPSA) is 102 Å². The molecule has 1 aromatic carbocycles. The molecule has 2 aliphatic rings. The highest BCUT2D eigenvalue weighted by Crippen LogP contribution is 2.24. The number of hydrogen-bond acceptors (Lipinski definition) is 6. The van der Waals surface area contributed by atoms with Crippen LogP contribution in [-0.4, -0.2) is 63.0 Å². The number of nitrogens with one attached hydrogen (secondary N) is 1. The summed E-state index contributed by atoms with van der Waals surface area (Å²) in [6.45, 7) is 4.86. The fraction of sp³-hybridized carbons (Fsp3) is 0.619. The maximum Gasteiger partial charge on any atom is 0.338 e. The number of carbonyl (C=O) groups is 2. The number of nitrogens with zero attached hydrogens (tertiary/aromatic N) is 1. The Labute approximate surface area is 178 Å². The molecule has 3 rings (SSSR count). The summed E-state index contributed by atoms with van der Waals surface area (Å²) in [5.41, 5.74) is 0.0926. The molecule has 1 N–H and O–H groups in total. The highest BCUT2D eigenvalue weighted by atomic mass is 32.2. The van der Waals surface area contributed by atoms with Crippen LogP contribution in [-0.2, 0) is 24.3 Å². The molecule has 1 amide bonds. The van der Waals surface area contributed by atoms with Gasteiger partial charge in [-0.3, -0.25) is 4.79 Å². The second-order valence-corrected chi connectivity index (χ2v) is 9.91. The summed E-state index contributed by atoms with van der Waals surface area (Å²) >= 11 is 0. The second-order valence-electron chi connectivity index (χ2n) is 7.97. The average molecular weight is 439 g/mol. The number of hydrogen-bond donors (Lipinski definition) is 1. The Bertz CT molecular complexity index is 866. The molecule has 30 heavy (non-hydrogen) atoms. The molecule has 0 bridgehead atoms. The summed E-state index contributed by atoms with van der Waals surface area (Å²) in [7, 11) is -3.72. The lowest BCUT2D eigenvalue weighted by atomic mass is 9.86. The van der Waals surface area contributed by atoms with E-state index in [4.69, 9.17) is 9.47 Å².